The van der Waals surface area contributed by atoms with Crippen molar-refractivity contribution in [1.82, 2.24) is 14.7 Å². The van der Waals surface area contributed by atoms with Gasteiger partial charge in [-0.3, -0.25) is 9.59 Å². The molecule has 0 saturated carbocycles. The Morgan fingerprint density at radius 3 is 2.73 bits per heavy atom. The van der Waals surface area contributed by atoms with E-state index in [0.29, 0.717) is 36.2 Å². The van der Waals surface area contributed by atoms with E-state index in [4.69, 9.17) is 5.73 Å². The van der Waals surface area contributed by atoms with E-state index in [1.807, 2.05) is 6.07 Å². The largest absolute Gasteiger partial charge is 0.385 e. The van der Waals surface area contributed by atoms with Gasteiger partial charge >= 0.3 is 0 Å². The minimum absolute atomic E-state index is 0.0695. The molecule has 156 valence electrons. The van der Waals surface area contributed by atoms with Crippen molar-refractivity contribution >= 4 is 11.8 Å². The third-order valence-corrected chi connectivity index (χ3v) is 5.84. The highest BCUT2D eigenvalue weighted by Gasteiger charge is 2.42. The van der Waals surface area contributed by atoms with E-state index in [2.05, 4.69) is 16.9 Å². The molecule has 1 aliphatic heterocycles. The number of fused-ring (bicyclic) bond motifs is 1. The Morgan fingerprint density at radius 1 is 1.30 bits per heavy atom. The summed E-state index contributed by atoms with van der Waals surface area (Å²) in [5, 5.41) is 25.7. The molecule has 2 aromatic rings. The van der Waals surface area contributed by atoms with Gasteiger partial charge in [0.1, 0.15) is 0 Å². The summed E-state index contributed by atoms with van der Waals surface area (Å²) in [6.45, 7) is 2.13. The van der Waals surface area contributed by atoms with Crippen molar-refractivity contribution < 1.29 is 19.8 Å². The zero-order valence-electron chi connectivity index (χ0n) is 17.0. The summed E-state index contributed by atoms with van der Waals surface area (Å²) in [6, 6.07) is 7.13. The first-order chi connectivity index (χ1) is 14.1. The summed E-state index contributed by atoms with van der Waals surface area (Å²) in [5.74, 6) is 4.50. The molecule has 0 spiro atoms. The van der Waals surface area contributed by atoms with Crippen LogP contribution in [0.4, 0.5) is 0 Å². The van der Waals surface area contributed by atoms with Crippen LogP contribution < -0.4 is 5.73 Å². The van der Waals surface area contributed by atoms with Crippen LogP contribution in [0.1, 0.15) is 53.5 Å². The second-order valence-corrected chi connectivity index (χ2v) is 8.21. The molecule has 2 aliphatic rings. The van der Waals surface area contributed by atoms with E-state index in [1.54, 1.807) is 36.9 Å². The maximum Gasteiger partial charge on any atom is 0.269 e. The molecule has 8 nitrogen and oxygen atoms in total. The average molecular weight is 408 g/mol. The number of likely N-dealkylation sites (tertiary alicyclic amines) is 1. The number of nitrogens with zero attached hydrogens (tertiary/aromatic N) is 3. The van der Waals surface area contributed by atoms with Gasteiger partial charge in [0.2, 0.25) is 5.60 Å². The lowest BCUT2D eigenvalue weighted by Crippen LogP contribution is -2.37. The maximum absolute atomic E-state index is 12.1. The Bertz CT molecular complexity index is 1110. The number of nitrogens with two attached hydrogens (primary N) is 1. The first kappa shape index (κ1) is 20.1. The van der Waals surface area contributed by atoms with Crippen LogP contribution in [0.2, 0.25) is 0 Å². The molecule has 1 aliphatic carbocycles. The molecule has 8 heteroatoms. The highest BCUT2D eigenvalue weighted by Crippen LogP contribution is 2.38. The summed E-state index contributed by atoms with van der Waals surface area (Å²) in [6.07, 6.45) is 2.20. The topological polar surface area (TPSA) is 122 Å². The van der Waals surface area contributed by atoms with E-state index >= 15 is 0 Å². The molecule has 1 saturated heterocycles. The van der Waals surface area contributed by atoms with Crippen molar-refractivity contribution in [3.05, 3.63) is 46.8 Å². The van der Waals surface area contributed by atoms with Crippen molar-refractivity contribution in [1.29, 1.82) is 0 Å². The number of primary amides is 1. The summed E-state index contributed by atoms with van der Waals surface area (Å²) >= 11 is 0. The number of amides is 2. The third kappa shape index (κ3) is 3.26. The van der Waals surface area contributed by atoms with Crippen LogP contribution in [-0.2, 0) is 16.8 Å². The minimum atomic E-state index is -1.67. The molecule has 4 rings (SSSR count). The molecular formula is C22H24N4O4. The van der Waals surface area contributed by atoms with E-state index in [-0.39, 0.29) is 12.1 Å². The number of carbonyl (C=O) groups excluding carboxylic acids is 2. The number of hydrogen-bond acceptors (Lipinski definition) is 5. The van der Waals surface area contributed by atoms with Gasteiger partial charge in [-0.2, -0.15) is 5.10 Å². The van der Waals surface area contributed by atoms with Crippen molar-refractivity contribution in [2.45, 2.75) is 43.8 Å². The Kier molecular flexibility index (Phi) is 4.68. The maximum atomic E-state index is 12.1. The molecular weight excluding hydrogens is 384 g/mol. The SMILES string of the molecule is CN1CC[C@@](O)(C#Cc2cccc(-n3nc(C(N)=O)c4c3CCC[C@]4(C)O)c2)C1=O. The molecule has 1 aromatic carbocycles. The van der Waals surface area contributed by atoms with Gasteiger partial charge in [0.05, 0.1) is 17.0 Å². The number of rotatable bonds is 2. The number of likely N-dealkylation sites (N-methyl/N-ethyl adjacent to an activating group) is 1. The van der Waals surface area contributed by atoms with Gasteiger partial charge in [0, 0.05) is 31.1 Å². The van der Waals surface area contributed by atoms with Crippen LogP contribution in [0, 0.1) is 11.8 Å². The quantitative estimate of drug-likeness (QED) is 0.623. The molecule has 1 aromatic heterocycles. The van der Waals surface area contributed by atoms with Crippen molar-refractivity contribution in [3.8, 4) is 17.5 Å². The fourth-order valence-electron chi connectivity index (χ4n) is 4.22. The van der Waals surface area contributed by atoms with Gasteiger partial charge < -0.3 is 20.8 Å². The predicted octanol–water partition coefficient (Wildman–Crippen LogP) is 0.460. The number of benzene rings is 1. The van der Waals surface area contributed by atoms with Crippen LogP contribution in [0.25, 0.3) is 5.69 Å². The number of carbonyl (C=O) groups is 2. The molecule has 0 unspecified atom stereocenters. The summed E-state index contributed by atoms with van der Waals surface area (Å²) < 4.78 is 1.62. The Morgan fingerprint density at radius 2 is 2.07 bits per heavy atom. The number of aromatic nitrogens is 2. The van der Waals surface area contributed by atoms with Crippen LogP contribution in [0.5, 0.6) is 0 Å². The lowest BCUT2D eigenvalue weighted by molar-refractivity contribution is -0.137. The Labute approximate surface area is 174 Å². The summed E-state index contributed by atoms with van der Waals surface area (Å²) in [4.78, 5) is 25.5. The van der Waals surface area contributed by atoms with Gasteiger partial charge in [-0.15, -0.1) is 0 Å². The molecule has 2 amide bonds. The van der Waals surface area contributed by atoms with Gasteiger partial charge in [-0.25, -0.2) is 4.68 Å². The van der Waals surface area contributed by atoms with E-state index in [1.165, 1.54) is 4.90 Å². The first-order valence-electron chi connectivity index (χ1n) is 9.88. The van der Waals surface area contributed by atoms with E-state index < -0.39 is 23.0 Å². The summed E-state index contributed by atoms with van der Waals surface area (Å²) in [5.41, 5.74) is 5.22. The lowest BCUT2D eigenvalue weighted by Gasteiger charge is -2.29. The van der Waals surface area contributed by atoms with Crippen LogP contribution in [0.3, 0.4) is 0 Å². The standard InChI is InChI=1S/C22H24N4O4/c1-21(29)9-4-7-16-17(21)18(19(23)27)24-26(16)15-6-3-5-14(13-15)8-10-22(30)11-12-25(2)20(22)28/h3,5-6,13,29-30H,4,7,9,11-12H2,1-2H3,(H2,23,27)/t21-,22-/m0/s1. The molecule has 30 heavy (non-hydrogen) atoms. The van der Waals surface area contributed by atoms with E-state index in [9.17, 15) is 19.8 Å². The van der Waals surface area contributed by atoms with Gasteiger partial charge in [-0.05, 0) is 44.4 Å². The zero-order chi connectivity index (χ0) is 21.7. The minimum Gasteiger partial charge on any atom is -0.385 e. The van der Waals surface area contributed by atoms with Crippen molar-refractivity contribution in [3.63, 3.8) is 0 Å². The lowest BCUT2D eigenvalue weighted by atomic mass is 9.82. The Hall–Kier alpha value is -3.15. The predicted molar refractivity (Wildman–Crippen MR) is 109 cm³/mol. The Balaban J connectivity index is 1.75. The van der Waals surface area contributed by atoms with Crippen molar-refractivity contribution in [2.75, 3.05) is 13.6 Å². The first-order valence-corrected chi connectivity index (χ1v) is 9.88. The van der Waals surface area contributed by atoms with Crippen LogP contribution >= 0.6 is 0 Å². The van der Waals surface area contributed by atoms with Gasteiger partial charge in [0.25, 0.3) is 11.8 Å². The number of aliphatic hydroxyl groups is 2. The molecule has 2 atom stereocenters. The molecule has 2 heterocycles. The monoisotopic (exact) mass is 408 g/mol. The second kappa shape index (κ2) is 6.97. The number of hydrogen-bond donors (Lipinski definition) is 3. The van der Waals surface area contributed by atoms with Gasteiger partial charge in [0.15, 0.2) is 5.69 Å². The third-order valence-electron chi connectivity index (χ3n) is 5.84. The smallest absolute Gasteiger partial charge is 0.269 e. The molecule has 4 N–H and O–H groups in total. The average Bonchev–Trinajstić information content (AvgIpc) is 3.22. The molecule has 1 fully saturated rings. The van der Waals surface area contributed by atoms with Gasteiger partial charge in [-0.1, -0.05) is 17.9 Å². The van der Waals surface area contributed by atoms with Crippen molar-refractivity contribution in [2.24, 2.45) is 5.73 Å². The normalized spacial score (nSPS) is 25.6. The van der Waals surface area contributed by atoms with Crippen LogP contribution in [-0.4, -0.2) is 55.9 Å². The van der Waals surface area contributed by atoms with E-state index in [0.717, 1.165) is 12.1 Å². The fourth-order valence-corrected chi connectivity index (χ4v) is 4.22. The summed E-state index contributed by atoms with van der Waals surface area (Å²) in [7, 11) is 1.63. The fraction of sp³-hybridized carbons (Fsp3) is 0.409. The molecule has 0 bridgehead atoms. The highest BCUT2D eigenvalue weighted by atomic mass is 16.3. The molecule has 0 radical (unpaired) electrons. The highest BCUT2D eigenvalue weighted by molar-refractivity contribution is 5.93. The second-order valence-electron chi connectivity index (χ2n) is 8.21. The van der Waals surface area contributed by atoms with Crippen LogP contribution in [0.15, 0.2) is 24.3 Å². The zero-order valence-corrected chi connectivity index (χ0v) is 17.0.